The fraction of sp³-hybridized carbons (Fsp3) is 0.208. The molecule has 32 heavy (non-hydrogen) atoms. The highest BCUT2D eigenvalue weighted by Crippen LogP contribution is 2.36. The number of aliphatic hydroxyl groups excluding tert-OH is 1. The number of aromatic nitrogens is 1. The first-order chi connectivity index (χ1) is 15.3. The molecule has 8 heteroatoms. The van der Waals surface area contributed by atoms with E-state index in [0.29, 0.717) is 16.3 Å². The molecule has 2 aromatic carbocycles. The minimum absolute atomic E-state index is 0.139. The van der Waals surface area contributed by atoms with Gasteiger partial charge in [-0.2, -0.15) is 5.26 Å². The number of aryl methyl sites for hydroxylation is 1. The number of nitriles is 1. The monoisotopic (exact) mass is 453 g/mol. The zero-order valence-electron chi connectivity index (χ0n) is 17.5. The summed E-state index contributed by atoms with van der Waals surface area (Å²) in [4.78, 5) is 17.0. The molecule has 2 atom stereocenters. The molecule has 3 rings (SSSR count). The second-order valence-electron chi connectivity index (χ2n) is 7.28. The number of hydrogen-bond acceptors (Lipinski definition) is 6. The molecule has 0 aliphatic heterocycles. The number of halogens is 2. The van der Waals surface area contributed by atoms with E-state index < -0.39 is 23.6 Å². The highest BCUT2D eigenvalue weighted by molar-refractivity contribution is 6.30. The Kier molecular flexibility index (Phi) is 7.21. The van der Waals surface area contributed by atoms with Gasteiger partial charge in [0.15, 0.2) is 0 Å². The second kappa shape index (κ2) is 9.88. The van der Waals surface area contributed by atoms with Crippen LogP contribution in [0.15, 0.2) is 60.8 Å². The minimum atomic E-state index is -1.40. The van der Waals surface area contributed by atoms with Crippen molar-refractivity contribution in [3.63, 3.8) is 0 Å². The number of esters is 1. The second-order valence-corrected chi connectivity index (χ2v) is 7.72. The number of hydrogen-bond donors (Lipinski definition) is 2. The number of ether oxygens (including phenoxy) is 1. The minimum Gasteiger partial charge on any atom is -0.469 e. The maximum Gasteiger partial charge on any atom is 0.308 e. The van der Waals surface area contributed by atoms with Crippen molar-refractivity contribution < 1.29 is 19.0 Å². The summed E-state index contributed by atoms with van der Waals surface area (Å²) in [5.41, 5.74) is 0.665. The van der Waals surface area contributed by atoms with Gasteiger partial charge < -0.3 is 9.84 Å². The van der Waals surface area contributed by atoms with Crippen molar-refractivity contribution in [2.24, 2.45) is 0 Å². The Balaban J connectivity index is 2.16. The summed E-state index contributed by atoms with van der Waals surface area (Å²) in [6.07, 6.45) is 0.0321. The van der Waals surface area contributed by atoms with Crippen molar-refractivity contribution >= 4 is 17.6 Å². The molecule has 0 radical (unpaired) electrons. The van der Waals surface area contributed by atoms with Gasteiger partial charge in [0.25, 0.3) is 0 Å². The number of carbonyl (C=O) groups excluding carboxylic acids is 1. The van der Waals surface area contributed by atoms with Crippen molar-refractivity contribution in [1.29, 1.82) is 5.26 Å². The Hall–Kier alpha value is -3.31. The predicted octanol–water partition coefficient (Wildman–Crippen LogP) is 4.14. The third kappa shape index (κ3) is 4.94. The molecule has 1 aromatic heterocycles. The molecule has 0 spiro atoms. The van der Waals surface area contributed by atoms with Gasteiger partial charge in [-0.05, 0) is 53.9 Å². The van der Waals surface area contributed by atoms with Crippen molar-refractivity contribution in [3.05, 3.63) is 99.6 Å². The van der Waals surface area contributed by atoms with Gasteiger partial charge >= 0.3 is 5.97 Å². The smallest absolute Gasteiger partial charge is 0.308 e. The summed E-state index contributed by atoms with van der Waals surface area (Å²) < 4.78 is 19.1. The molecule has 0 saturated heterocycles. The van der Waals surface area contributed by atoms with E-state index in [1.165, 1.54) is 19.2 Å². The quantitative estimate of drug-likeness (QED) is 0.412. The van der Waals surface area contributed by atoms with Crippen molar-refractivity contribution in [2.45, 2.75) is 25.1 Å². The standard InChI is InChI=1S/C24H21ClFN3O3/c1-15-3-10-21(28-14-15)24(12-22(30)32-2,18-6-8-19(25)9-7-18)29-23(31)16-4-5-17(13-27)20(26)11-16/h3-11,14,23,29,31H,12H2,1-2H3. The summed E-state index contributed by atoms with van der Waals surface area (Å²) in [6.45, 7) is 1.88. The van der Waals surface area contributed by atoms with Gasteiger partial charge in [0.2, 0.25) is 0 Å². The van der Waals surface area contributed by atoms with Gasteiger partial charge in [0, 0.05) is 11.2 Å². The lowest BCUT2D eigenvalue weighted by Crippen LogP contribution is -2.47. The summed E-state index contributed by atoms with van der Waals surface area (Å²) >= 11 is 6.06. The van der Waals surface area contributed by atoms with E-state index >= 15 is 0 Å². The highest BCUT2D eigenvalue weighted by atomic mass is 35.5. The largest absolute Gasteiger partial charge is 0.469 e. The van der Waals surface area contributed by atoms with Gasteiger partial charge in [-0.1, -0.05) is 35.9 Å². The third-order valence-electron chi connectivity index (χ3n) is 5.14. The summed E-state index contributed by atoms with van der Waals surface area (Å²) in [5.74, 6) is -1.31. The van der Waals surface area contributed by atoms with E-state index in [1.54, 1.807) is 42.6 Å². The Bertz CT molecular complexity index is 1100. The number of benzene rings is 2. The van der Waals surface area contributed by atoms with Crippen LogP contribution < -0.4 is 5.32 Å². The molecule has 0 saturated carbocycles. The Morgan fingerprint density at radius 2 is 2.00 bits per heavy atom. The molecule has 0 aliphatic rings. The van der Waals surface area contributed by atoms with Gasteiger partial charge in [-0.15, -0.1) is 0 Å². The van der Waals surface area contributed by atoms with Gasteiger partial charge in [0.1, 0.15) is 18.1 Å². The number of methoxy groups -OCH3 is 1. The van der Waals surface area contributed by atoms with Crippen LogP contribution in [0.2, 0.25) is 5.02 Å². The van der Waals surface area contributed by atoms with Crippen LogP contribution >= 0.6 is 11.6 Å². The average Bonchev–Trinajstić information content (AvgIpc) is 2.79. The number of aliphatic hydroxyl groups is 1. The summed E-state index contributed by atoms with van der Waals surface area (Å²) in [7, 11) is 1.27. The Morgan fingerprint density at radius 1 is 1.28 bits per heavy atom. The first-order valence-corrected chi connectivity index (χ1v) is 10.1. The fourth-order valence-electron chi connectivity index (χ4n) is 3.40. The molecule has 164 valence electrons. The molecule has 0 aliphatic carbocycles. The maximum atomic E-state index is 14.2. The highest BCUT2D eigenvalue weighted by Gasteiger charge is 2.40. The molecular formula is C24H21ClFN3O3. The molecular weight excluding hydrogens is 433 g/mol. The molecule has 1 heterocycles. The first kappa shape index (κ1) is 23.4. The number of nitrogens with zero attached hydrogens (tertiary/aromatic N) is 2. The van der Waals surface area contributed by atoms with E-state index in [0.717, 1.165) is 11.6 Å². The van der Waals surface area contributed by atoms with E-state index in [1.807, 2.05) is 13.0 Å². The van der Waals surface area contributed by atoms with Gasteiger partial charge in [0.05, 0.1) is 30.3 Å². The zero-order chi connectivity index (χ0) is 23.3. The number of carbonyl (C=O) groups is 1. The topological polar surface area (TPSA) is 95.2 Å². The number of rotatable bonds is 7. The predicted molar refractivity (Wildman–Crippen MR) is 117 cm³/mol. The summed E-state index contributed by atoms with van der Waals surface area (Å²) in [6, 6.07) is 15.9. The summed E-state index contributed by atoms with van der Waals surface area (Å²) in [5, 5.41) is 23.5. The fourth-order valence-corrected chi connectivity index (χ4v) is 3.53. The normalized spacial score (nSPS) is 13.6. The molecule has 3 aromatic rings. The van der Waals surface area contributed by atoms with E-state index in [-0.39, 0.29) is 17.5 Å². The van der Waals surface area contributed by atoms with E-state index in [4.69, 9.17) is 21.6 Å². The molecule has 2 N–H and O–H groups in total. The lowest BCUT2D eigenvalue weighted by molar-refractivity contribution is -0.142. The number of pyridine rings is 1. The zero-order valence-corrected chi connectivity index (χ0v) is 18.2. The van der Waals surface area contributed by atoms with E-state index in [2.05, 4.69) is 10.3 Å². The van der Waals surface area contributed by atoms with Crippen LogP contribution in [0.4, 0.5) is 4.39 Å². The average molecular weight is 454 g/mol. The molecule has 0 fully saturated rings. The lowest BCUT2D eigenvalue weighted by atomic mass is 9.82. The van der Waals surface area contributed by atoms with Gasteiger partial charge in [-0.25, -0.2) is 4.39 Å². The SMILES string of the molecule is COC(=O)CC(NC(O)c1ccc(C#N)c(F)c1)(c1ccc(Cl)cc1)c1ccc(C)cn1. The lowest BCUT2D eigenvalue weighted by Gasteiger charge is -2.36. The number of nitrogens with one attached hydrogen (secondary N) is 1. The van der Waals surface area contributed by atoms with E-state index in [9.17, 15) is 14.3 Å². The Labute approximate surface area is 190 Å². The molecule has 0 bridgehead atoms. The maximum absolute atomic E-state index is 14.2. The van der Waals surface area contributed by atoms with Crippen LogP contribution in [-0.2, 0) is 15.1 Å². The van der Waals surface area contributed by atoms with Crippen molar-refractivity contribution in [1.82, 2.24) is 10.3 Å². The molecule has 6 nitrogen and oxygen atoms in total. The van der Waals surface area contributed by atoms with Crippen LogP contribution in [0.3, 0.4) is 0 Å². The van der Waals surface area contributed by atoms with Crippen LogP contribution in [-0.4, -0.2) is 23.2 Å². The van der Waals surface area contributed by atoms with Crippen LogP contribution in [0.1, 0.15) is 40.6 Å². The third-order valence-corrected chi connectivity index (χ3v) is 5.39. The van der Waals surface area contributed by atoms with Gasteiger partial charge in [-0.3, -0.25) is 15.1 Å². The van der Waals surface area contributed by atoms with Crippen molar-refractivity contribution in [3.8, 4) is 6.07 Å². The van der Waals surface area contributed by atoms with Crippen LogP contribution in [0.5, 0.6) is 0 Å². The van der Waals surface area contributed by atoms with Crippen LogP contribution in [0, 0.1) is 24.1 Å². The molecule has 2 unspecified atom stereocenters. The van der Waals surface area contributed by atoms with Crippen molar-refractivity contribution in [2.75, 3.05) is 7.11 Å². The first-order valence-electron chi connectivity index (χ1n) is 9.70. The molecule has 0 amide bonds. The Morgan fingerprint density at radius 3 is 2.56 bits per heavy atom. The van der Waals surface area contributed by atoms with Crippen LogP contribution in [0.25, 0.3) is 0 Å².